The van der Waals surface area contributed by atoms with Gasteiger partial charge < -0.3 is 10.2 Å². The molecule has 0 radical (unpaired) electrons. The van der Waals surface area contributed by atoms with Crippen LogP contribution in [-0.4, -0.2) is 43.2 Å². The number of amides is 1. The molecule has 1 unspecified atom stereocenters. The molecule has 2 rings (SSSR count). The molecule has 0 aromatic heterocycles. The maximum Gasteiger partial charge on any atom is 0.253 e. The Hall–Kier alpha value is -1.00. The summed E-state index contributed by atoms with van der Waals surface area (Å²) >= 11 is 1.80. The van der Waals surface area contributed by atoms with Crippen LogP contribution in [0.5, 0.6) is 0 Å². The van der Waals surface area contributed by atoms with E-state index in [0.717, 1.165) is 37.2 Å². The summed E-state index contributed by atoms with van der Waals surface area (Å²) in [7, 11) is 1.97. The molecule has 3 nitrogen and oxygen atoms in total. The summed E-state index contributed by atoms with van der Waals surface area (Å²) in [5, 5.41) is 3.27. The Morgan fingerprint density at radius 1 is 1.42 bits per heavy atom. The quantitative estimate of drug-likeness (QED) is 0.918. The van der Waals surface area contributed by atoms with Crippen LogP contribution in [-0.2, 0) is 5.75 Å². The number of likely N-dealkylation sites (N-methyl/N-ethyl adjacent to an activating group) is 1. The number of nitrogens with one attached hydrogen (secondary N) is 1. The van der Waals surface area contributed by atoms with Crippen molar-refractivity contribution in [1.29, 1.82) is 0 Å². The van der Waals surface area contributed by atoms with Crippen LogP contribution in [0.25, 0.3) is 0 Å². The summed E-state index contributed by atoms with van der Waals surface area (Å²) < 4.78 is 0. The monoisotopic (exact) mass is 278 g/mol. The van der Waals surface area contributed by atoms with Gasteiger partial charge in [-0.05, 0) is 43.8 Å². The molecule has 1 aliphatic heterocycles. The van der Waals surface area contributed by atoms with Gasteiger partial charge in [-0.3, -0.25) is 4.79 Å². The minimum Gasteiger partial charge on any atom is -0.337 e. The van der Waals surface area contributed by atoms with Crippen molar-refractivity contribution in [3.63, 3.8) is 0 Å². The molecule has 1 amide bonds. The summed E-state index contributed by atoms with van der Waals surface area (Å²) in [5.41, 5.74) is 2.08. The zero-order valence-corrected chi connectivity index (χ0v) is 12.5. The molecule has 104 valence electrons. The number of nitrogens with zero attached hydrogens (tertiary/aromatic N) is 1. The van der Waals surface area contributed by atoms with Crippen LogP contribution < -0.4 is 5.32 Å². The molecule has 1 aromatic rings. The molecule has 19 heavy (non-hydrogen) atoms. The van der Waals surface area contributed by atoms with Gasteiger partial charge in [-0.15, -0.1) is 0 Å². The topological polar surface area (TPSA) is 32.3 Å². The number of thioether (sulfide) groups is 1. The fraction of sp³-hybridized carbons (Fsp3) is 0.533. The molecule has 0 spiro atoms. The van der Waals surface area contributed by atoms with Gasteiger partial charge >= 0.3 is 0 Å². The van der Waals surface area contributed by atoms with Crippen LogP contribution >= 0.6 is 11.8 Å². The Bertz CT molecular complexity index is 419. The lowest BCUT2D eigenvalue weighted by Crippen LogP contribution is -2.46. The van der Waals surface area contributed by atoms with E-state index < -0.39 is 0 Å². The lowest BCUT2D eigenvalue weighted by molar-refractivity contribution is 0.0698. The second-order valence-electron chi connectivity index (χ2n) is 5.01. The Labute approximate surface area is 119 Å². The molecule has 0 saturated carbocycles. The Morgan fingerprint density at radius 3 is 2.79 bits per heavy atom. The zero-order chi connectivity index (χ0) is 13.7. The van der Waals surface area contributed by atoms with Crippen LogP contribution in [0, 0.1) is 0 Å². The van der Waals surface area contributed by atoms with E-state index in [4.69, 9.17) is 0 Å². The van der Waals surface area contributed by atoms with Crippen LogP contribution in [0.4, 0.5) is 0 Å². The molecule has 1 aromatic carbocycles. The highest BCUT2D eigenvalue weighted by atomic mass is 32.2. The van der Waals surface area contributed by atoms with E-state index in [9.17, 15) is 4.79 Å². The minimum atomic E-state index is 0.163. The van der Waals surface area contributed by atoms with Crippen molar-refractivity contribution in [2.24, 2.45) is 0 Å². The van der Waals surface area contributed by atoms with Crippen molar-refractivity contribution in [3.05, 3.63) is 35.4 Å². The van der Waals surface area contributed by atoms with Crippen LogP contribution in [0.3, 0.4) is 0 Å². The third kappa shape index (κ3) is 3.74. The average molecular weight is 278 g/mol. The number of likely N-dealkylation sites (tertiary alicyclic amines) is 1. The number of hydrogen-bond donors (Lipinski definition) is 1. The first kappa shape index (κ1) is 14.4. The summed E-state index contributed by atoms with van der Waals surface area (Å²) in [6.07, 6.45) is 4.33. The highest BCUT2D eigenvalue weighted by molar-refractivity contribution is 7.97. The fourth-order valence-electron chi connectivity index (χ4n) is 2.49. The lowest BCUT2D eigenvalue weighted by Gasteiger charge is -2.32. The smallest absolute Gasteiger partial charge is 0.253 e. The molecule has 1 aliphatic rings. The van der Waals surface area contributed by atoms with E-state index >= 15 is 0 Å². The first-order chi connectivity index (χ1) is 9.24. The summed E-state index contributed by atoms with van der Waals surface area (Å²) in [5.74, 6) is 1.16. The van der Waals surface area contributed by atoms with Gasteiger partial charge in [0.05, 0.1) is 0 Å². The normalized spacial score (nSPS) is 19.5. The second-order valence-corrected chi connectivity index (χ2v) is 5.87. The van der Waals surface area contributed by atoms with Gasteiger partial charge in [-0.2, -0.15) is 11.8 Å². The third-order valence-electron chi connectivity index (χ3n) is 3.63. The number of hydrogen-bond acceptors (Lipinski definition) is 3. The number of piperidine rings is 1. The standard InChI is InChI=1S/C15H22N2OS/c1-16-14-4-3-9-17(10-14)15(18)13-7-5-12(6-8-13)11-19-2/h5-8,14,16H,3-4,9-11H2,1-2H3. The van der Waals surface area contributed by atoms with Crippen molar-refractivity contribution >= 4 is 17.7 Å². The third-order valence-corrected chi connectivity index (χ3v) is 4.25. The van der Waals surface area contributed by atoms with Gasteiger partial charge in [-0.25, -0.2) is 0 Å². The van der Waals surface area contributed by atoms with Crippen molar-refractivity contribution in [2.45, 2.75) is 24.6 Å². The SMILES string of the molecule is CNC1CCCN(C(=O)c2ccc(CSC)cc2)C1. The summed E-state index contributed by atoms with van der Waals surface area (Å²) in [4.78, 5) is 14.4. The predicted molar refractivity (Wildman–Crippen MR) is 81.6 cm³/mol. The maximum atomic E-state index is 12.4. The Kier molecular flexibility index (Phi) is 5.28. The van der Waals surface area contributed by atoms with E-state index in [1.54, 1.807) is 11.8 Å². The van der Waals surface area contributed by atoms with E-state index in [2.05, 4.69) is 23.7 Å². The Balaban J connectivity index is 2.02. The zero-order valence-electron chi connectivity index (χ0n) is 11.7. The van der Waals surface area contributed by atoms with E-state index in [-0.39, 0.29) is 5.91 Å². The van der Waals surface area contributed by atoms with Gasteiger partial charge in [0.1, 0.15) is 0 Å². The molecule has 1 N–H and O–H groups in total. The number of carbonyl (C=O) groups is 1. The van der Waals surface area contributed by atoms with Gasteiger partial charge in [0, 0.05) is 30.4 Å². The minimum absolute atomic E-state index is 0.163. The summed E-state index contributed by atoms with van der Waals surface area (Å²) in [6.45, 7) is 1.70. The second kappa shape index (κ2) is 6.96. The van der Waals surface area contributed by atoms with Crippen molar-refractivity contribution in [2.75, 3.05) is 26.4 Å². The van der Waals surface area contributed by atoms with Crippen molar-refractivity contribution in [3.8, 4) is 0 Å². The van der Waals surface area contributed by atoms with Crippen LogP contribution in [0.15, 0.2) is 24.3 Å². The van der Waals surface area contributed by atoms with Crippen LogP contribution in [0.2, 0.25) is 0 Å². The van der Waals surface area contributed by atoms with Crippen LogP contribution in [0.1, 0.15) is 28.8 Å². The Morgan fingerprint density at radius 2 is 2.16 bits per heavy atom. The van der Waals surface area contributed by atoms with E-state index in [0.29, 0.717) is 6.04 Å². The number of rotatable bonds is 4. The first-order valence-electron chi connectivity index (χ1n) is 6.79. The van der Waals surface area contributed by atoms with Gasteiger partial charge in [0.25, 0.3) is 5.91 Å². The highest BCUT2D eigenvalue weighted by Gasteiger charge is 2.23. The largest absolute Gasteiger partial charge is 0.337 e. The predicted octanol–water partition coefficient (Wildman–Crippen LogP) is 2.37. The fourth-order valence-corrected chi connectivity index (χ4v) is 3.02. The van der Waals surface area contributed by atoms with Gasteiger partial charge in [0.15, 0.2) is 0 Å². The van der Waals surface area contributed by atoms with E-state index in [1.807, 2.05) is 24.1 Å². The molecule has 1 saturated heterocycles. The number of carbonyl (C=O) groups excluding carboxylic acids is 1. The molecule has 1 atom stereocenters. The summed E-state index contributed by atoms with van der Waals surface area (Å²) in [6, 6.07) is 8.47. The average Bonchev–Trinajstić information content (AvgIpc) is 2.48. The molecule has 1 heterocycles. The van der Waals surface area contributed by atoms with E-state index in [1.165, 1.54) is 5.56 Å². The number of benzene rings is 1. The molecule has 0 bridgehead atoms. The highest BCUT2D eigenvalue weighted by Crippen LogP contribution is 2.15. The first-order valence-corrected chi connectivity index (χ1v) is 8.18. The van der Waals surface area contributed by atoms with Gasteiger partial charge in [-0.1, -0.05) is 12.1 Å². The molecular weight excluding hydrogens is 256 g/mol. The maximum absolute atomic E-state index is 12.4. The lowest BCUT2D eigenvalue weighted by atomic mass is 10.0. The molecular formula is C15H22N2OS. The molecule has 0 aliphatic carbocycles. The molecule has 4 heteroatoms. The van der Waals surface area contributed by atoms with Gasteiger partial charge in [0.2, 0.25) is 0 Å². The molecule has 1 fully saturated rings. The van der Waals surface area contributed by atoms with Crippen molar-refractivity contribution in [1.82, 2.24) is 10.2 Å². The van der Waals surface area contributed by atoms with Crippen molar-refractivity contribution < 1.29 is 4.79 Å².